The minimum absolute atomic E-state index is 0.0843. The Hall–Kier alpha value is -0.580. The van der Waals surface area contributed by atoms with Crippen LogP contribution in [0.2, 0.25) is 0 Å². The van der Waals surface area contributed by atoms with Crippen molar-refractivity contribution >= 4 is 5.78 Å². The SMILES string of the molecule is CC(C)C1CCC(C)C(C(=O)C(F)(F)F)C1O. The van der Waals surface area contributed by atoms with Crippen molar-refractivity contribution in [1.29, 1.82) is 0 Å². The summed E-state index contributed by atoms with van der Waals surface area (Å²) in [7, 11) is 0. The van der Waals surface area contributed by atoms with E-state index in [1.165, 1.54) is 0 Å². The predicted molar refractivity (Wildman–Crippen MR) is 57.3 cm³/mol. The molecule has 0 aliphatic heterocycles. The van der Waals surface area contributed by atoms with Gasteiger partial charge < -0.3 is 5.11 Å². The Morgan fingerprint density at radius 2 is 1.82 bits per heavy atom. The quantitative estimate of drug-likeness (QED) is 0.820. The molecular formula is C12H19F3O2. The Kier molecular flexibility index (Phi) is 4.23. The van der Waals surface area contributed by atoms with E-state index in [0.717, 1.165) is 0 Å². The van der Waals surface area contributed by atoms with Crippen LogP contribution >= 0.6 is 0 Å². The fourth-order valence-electron chi connectivity index (χ4n) is 2.74. The molecule has 1 saturated carbocycles. The number of aliphatic hydroxyl groups excluding tert-OH is 1. The van der Waals surface area contributed by atoms with Gasteiger partial charge in [0, 0.05) is 0 Å². The fourth-order valence-corrected chi connectivity index (χ4v) is 2.74. The zero-order chi connectivity index (χ0) is 13.4. The average Bonchev–Trinajstić information content (AvgIpc) is 2.15. The first-order valence-electron chi connectivity index (χ1n) is 5.95. The number of ketones is 1. The molecule has 17 heavy (non-hydrogen) atoms. The summed E-state index contributed by atoms with van der Waals surface area (Å²) in [5.74, 6) is -3.61. The molecule has 0 spiro atoms. The van der Waals surface area contributed by atoms with Gasteiger partial charge in [0.1, 0.15) is 0 Å². The van der Waals surface area contributed by atoms with Crippen molar-refractivity contribution in [2.24, 2.45) is 23.7 Å². The molecule has 1 fully saturated rings. The molecule has 4 atom stereocenters. The van der Waals surface area contributed by atoms with Crippen LogP contribution in [-0.2, 0) is 4.79 Å². The molecule has 1 aliphatic rings. The van der Waals surface area contributed by atoms with Gasteiger partial charge in [0.25, 0.3) is 0 Å². The topological polar surface area (TPSA) is 37.3 Å². The van der Waals surface area contributed by atoms with E-state index < -0.39 is 29.9 Å². The van der Waals surface area contributed by atoms with Gasteiger partial charge in [0.2, 0.25) is 5.78 Å². The molecule has 0 aromatic rings. The zero-order valence-electron chi connectivity index (χ0n) is 10.3. The van der Waals surface area contributed by atoms with E-state index in [9.17, 15) is 23.1 Å². The lowest BCUT2D eigenvalue weighted by Gasteiger charge is -2.40. The molecule has 0 heterocycles. The Morgan fingerprint density at radius 3 is 2.24 bits per heavy atom. The van der Waals surface area contributed by atoms with Gasteiger partial charge in [-0.15, -0.1) is 0 Å². The van der Waals surface area contributed by atoms with Gasteiger partial charge in [-0.05, 0) is 30.6 Å². The summed E-state index contributed by atoms with van der Waals surface area (Å²) < 4.78 is 37.3. The molecule has 100 valence electrons. The molecule has 0 aromatic carbocycles. The fraction of sp³-hybridized carbons (Fsp3) is 0.917. The van der Waals surface area contributed by atoms with Crippen molar-refractivity contribution < 1.29 is 23.1 Å². The minimum Gasteiger partial charge on any atom is -0.392 e. The van der Waals surface area contributed by atoms with Crippen molar-refractivity contribution in [3.05, 3.63) is 0 Å². The van der Waals surface area contributed by atoms with Gasteiger partial charge in [-0.1, -0.05) is 20.8 Å². The van der Waals surface area contributed by atoms with Crippen LogP contribution in [0.1, 0.15) is 33.6 Å². The van der Waals surface area contributed by atoms with Crippen LogP contribution in [-0.4, -0.2) is 23.2 Å². The second kappa shape index (κ2) is 4.96. The number of hydrogen-bond donors (Lipinski definition) is 1. The smallest absolute Gasteiger partial charge is 0.392 e. The summed E-state index contributed by atoms with van der Waals surface area (Å²) in [5.41, 5.74) is 0. The first kappa shape index (κ1) is 14.5. The van der Waals surface area contributed by atoms with E-state index in [4.69, 9.17) is 0 Å². The molecule has 1 rings (SSSR count). The number of aliphatic hydroxyl groups is 1. The molecular weight excluding hydrogens is 233 g/mol. The largest absolute Gasteiger partial charge is 0.450 e. The van der Waals surface area contributed by atoms with Crippen LogP contribution in [0, 0.1) is 23.7 Å². The summed E-state index contributed by atoms with van der Waals surface area (Å²) in [6.45, 7) is 5.33. The maximum Gasteiger partial charge on any atom is 0.450 e. The van der Waals surface area contributed by atoms with E-state index in [1.54, 1.807) is 6.92 Å². The third-order valence-electron chi connectivity index (χ3n) is 3.81. The van der Waals surface area contributed by atoms with Crippen LogP contribution in [0.5, 0.6) is 0 Å². The van der Waals surface area contributed by atoms with E-state index in [1.807, 2.05) is 13.8 Å². The lowest BCUT2D eigenvalue weighted by Crippen LogP contribution is -2.48. The number of carbonyl (C=O) groups is 1. The normalized spacial score (nSPS) is 35.1. The summed E-state index contributed by atoms with van der Waals surface area (Å²) in [6, 6.07) is 0. The molecule has 1 aliphatic carbocycles. The highest BCUT2D eigenvalue weighted by Crippen LogP contribution is 2.40. The Bertz CT molecular complexity index is 286. The maximum absolute atomic E-state index is 12.4. The summed E-state index contributed by atoms with van der Waals surface area (Å²) >= 11 is 0. The zero-order valence-corrected chi connectivity index (χ0v) is 10.3. The first-order chi connectivity index (χ1) is 7.66. The second-order valence-corrected chi connectivity index (χ2v) is 5.34. The number of halogens is 3. The number of rotatable bonds is 2. The van der Waals surface area contributed by atoms with Crippen molar-refractivity contribution in [2.45, 2.75) is 45.9 Å². The first-order valence-corrected chi connectivity index (χ1v) is 5.95. The molecule has 1 N–H and O–H groups in total. The molecule has 0 radical (unpaired) electrons. The minimum atomic E-state index is -4.85. The summed E-state index contributed by atoms with van der Waals surface area (Å²) in [4.78, 5) is 11.3. The molecule has 0 saturated heterocycles. The van der Waals surface area contributed by atoms with Crippen LogP contribution in [0.15, 0.2) is 0 Å². The van der Waals surface area contributed by atoms with Gasteiger partial charge in [0.15, 0.2) is 0 Å². The molecule has 0 amide bonds. The highest BCUT2D eigenvalue weighted by molar-refractivity contribution is 5.87. The lowest BCUT2D eigenvalue weighted by molar-refractivity contribution is -0.185. The molecule has 2 nitrogen and oxygen atoms in total. The Labute approximate surface area is 99.2 Å². The lowest BCUT2D eigenvalue weighted by atomic mass is 9.67. The van der Waals surface area contributed by atoms with Gasteiger partial charge in [-0.3, -0.25) is 4.79 Å². The van der Waals surface area contributed by atoms with Crippen molar-refractivity contribution in [2.75, 3.05) is 0 Å². The number of alkyl halides is 3. The van der Waals surface area contributed by atoms with E-state index >= 15 is 0 Å². The third kappa shape index (κ3) is 3.00. The average molecular weight is 252 g/mol. The number of carbonyl (C=O) groups excluding carboxylic acids is 1. The summed E-state index contributed by atoms with van der Waals surface area (Å²) in [6.07, 6.45) is -4.78. The van der Waals surface area contributed by atoms with Gasteiger partial charge in [0.05, 0.1) is 12.0 Å². The second-order valence-electron chi connectivity index (χ2n) is 5.34. The van der Waals surface area contributed by atoms with Crippen molar-refractivity contribution in [3.63, 3.8) is 0 Å². The summed E-state index contributed by atoms with van der Waals surface area (Å²) in [5, 5.41) is 9.98. The highest BCUT2D eigenvalue weighted by atomic mass is 19.4. The van der Waals surface area contributed by atoms with Crippen molar-refractivity contribution in [3.8, 4) is 0 Å². The van der Waals surface area contributed by atoms with Crippen molar-refractivity contribution in [1.82, 2.24) is 0 Å². The molecule has 0 aromatic heterocycles. The van der Waals surface area contributed by atoms with E-state index in [-0.39, 0.29) is 11.8 Å². The van der Waals surface area contributed by atoms with Crippen LogP contribution < -0.4 is 0 Å². The Morgan fingerprint density at radius 1 is 1.29 bits per heavy atom. The Balaban J connectivity index is 2.91. The maximum atomic E-state index is 12.4. The highest BCUT2D eigenvalue weighted by Gasteiger charge is 2.51. The molecule has 0 bridgehead atoms. The van der Waals surface area contributed by atoms with Crippen LogP contribution in [0.25, 0.3) is 0 Å². The molecule has 4 unspecified atom stereocenters. The number of Topliss-reactive ketones (excluding diaryl/α,β-unsaturated/α-hetero) is 1. The van der Waals surface area contributed by atoms with Gasteiger partial charge >= 0.3 is 6.18 Å². The monoisotopic (exact) mass is 252 g/mol. The molecule has 5 heteroatoms. The third-order valence-corrected chi connectivity index (χ3v) is 3.81. The van der Waals surface area contributed by atoms with Gasteiger partial charge in [-0.25, -0.2) is 0 Å². The van der Waals surface area contributed by atoms with E-state index in [0.29, 0.717) is 12.8 Å². The van der Waals surface area contributed by atoms with Crippen LogP contribution in [0.3, 0.4) is 0 Å². The van der Waals surface area contributed by atoms with E-state index in [2.05, 4.69) is 0 Å². The number of hydrogen-bond acceptors (Lipinski definition) is 2. The van der Waals surface area contributed by atoms with Crippen LogP contribution in [0.4, 0.5) is 13.2 Å². The predicted octanol–water partition coefficient (Wildman–Crippen LogP) is 2.80. The standard InChI is InChI=1S/C12H19F3O2/c1-6(2)8-5-4-7(3)9(10(8)16)11(17)12(13,14)15/h6-10,16H,4-5H2,1-3H3. The van der Waals surface area contributed by atoms with Gasteiger partial charge in [-0.2, -0.15) is 13.2 Å².